The van der Waals surface area contributed by atoms with Crippen molar-refractivity contribution in [1.29, 1.82) is 0 Å². The summed E-state index contributed by atoms with van der Waals surface area (Å²) in [6, 6.07) is 20.3. The quantitative estimate of drug-likeness (QED) is 0.502. The van der Waals surface area contributed by atoms with Gasteiger partial charge in [-0.1, -0.05) is 66.7 Å². The van der Waals surface area contributed by atoms with Gasteiger partial charge in [-0.15, -0.1) is 6.58 Å². The number of ether oxygens (including phenoxy) is 5. The molecule has 31 heavy (non-hydrogen) atoms. The summed E-state index contributed by atoms with van der Waals surface area (Å²) in [6.07, 6.45) is 2.27. The monoisotopic (exact) mass is 424 g/mol. The molecule has 2 aromatic carbocycles. The van der Waals surface area contributed by atoms with Crippen LogP contribution in [0.15, 0.2) is 73.3 Å². The van der Waals surface area contributed by atoms with Crippen LogP contribution in [0.2, 0.25) is 0 Å². The van der Waals surface area contributed by atoms with Crippen molar-refractivity contribution in [1.82, 2.24) is 0 Å². The minimum atomic E-state index is -0.709. The van der Waals surface area contributed by atoms with Crippen molar-refractivity contribution in [2.75, 3.05) is 6.61 Å². The fourth-order valence-electron chi connectivity index (χ4n) is 4.31. The number of hydrogen-bond acceptors (Lipinski definition) is 5. The van der Waals surface area contributed by atoms with Crippen LogP contribution in [0, 0.1) is 0 Å². The van der Waals surface area contributed by atoms with Gasteiger partial charge < -0.3 is 23.7 Å². The molecule has 2 aromatic rings. The Morgan fingerprint density at radius 3 is 2.19 bits per heavy atom. The Labute approximate surface area is 184 Å². The summed E-state index contributed by atoms with van der Waals surface area (Å²) >= 11 is 0. The fourth-order valence-corrected chi connectivity index (χ4v) is 4.31. The highest BCUT2D eigenvalue weighted by Gasteiger charge is 2.62. The smallest absolute Gasteiger partial charge is 0.190 e. The molecule has 2 aliphatic rings. The average molecular weight is 425 g/mol. The first-order chi connectivity index (χ1) is 15.0. The van der Waals surface area contributed by atoms with Crippen molar-refractivity contribution in [3.63, 3.8) is 0 Å². The first-order valence-electron chi connectivity index (χ1n) is 10.9. The molecule has 2 fully saturated rings. The van der Waals surface area contributed by atoms with Gasteiger partial charge in [-0.25, -0.2) is 0 Å². The predicted molar refractivity (Wildman–Crippen MR) is 118 cm³/mol. The summed E-state index contributed by atoms with van der Waals surface area (Å²) < 4.78 is 31.4. The summed E-state index contributed by atoms with van der Waals surface area (Å²) in [5, 5.41) is 0. The van der Waals surface area contributed by atoms with E-state index in [9.17, 15) is 0 Å². The van der Waals surface area contributed by atoms with Gasteiger partial charge in [0.25, 0.3) is 0 Å². The molecule has 2 saturated heterocycles. The van der Waals surface area contributed by atoms with E-state index in [1.807, 2.05) is 56.3 Å². The van der Waals surface area contributed by atoms with E-state index in [1.54, 1.807) is 0 Å². The van der Waals surface area contributed by atoms with E-state index in [0.29, 0.717) is 26.2 Å². The minimum Gasteiger partial charge on any atom is -0.374 e. The molecule has 0 amide bonds. The molecule has 5 heteroatoms. The van der Waals surface area contributed by atoms with Crippen molar-refractivity contribution >= 4 is 0 Å². The normalized spacial score (nSPS) is 29.0. The Morgan fingerprint density at radius 1 is 0.903 bits per heavy atom. The van der Waals surface area contributed by atoms with Crippen LogP contribution in [0.25, 0.3) is 0 Å². The second kappa shape index (κ2) is 9.63. The Bertz CT molecular complexity index is 837. The van der Waals surface area contributed by atoms with Gasteiger partial charge in [-0.05, 0) is 37.8 Å². The SMILES string of the molecule is C=CCC[C@]1(COCc2ccccc2)O[C@H]2OC(C)(C)OC2[C@H]1OCc1ccccc1. The Morgan fingerprint density at radius 2 is 1.55 bits per heavy atom. The number of fused-ring (bicyclic) bond motifs is 1. The lowest BCUT2D eigenvalue weighted by Crippen LogP contribution is -2.50. The average Bonchev–Trinajstić information content (AvgIpc) is 3.21. The van der Waals surface area contributed by atoms with Gasteiger partial charge in [0.1, 0.15) is 17.8 Å². The molecule has 166 valence electrons. The van der Waals surface area contributed by atoms with E-state index in [2.05, 4.69) is 30.8 Å². The van der Waals surface area contributed by atoms with Crippen LogP contribution in [0.4, 0.5) is 0 Å². The number of hydrogen-bond donors (Lipinski definition) is 0. The van der Waals surface area contributed by atoms with E-state index in [-0.39, 0.29) is 12.2 Å². The zero-order chi connectivity index (χ0) is 21.7. The maximum Gasteiger partial charge on any atom is 0.190 e. The Hall–Kier alpha value is -2.02. The maximum atomic E-state index is 6.50. The van der Waals surface area contributed by atoms with Crippen LogP contribution in [0.1, 0.15) is 37.8 Å². The first kappa shape index (κ1) is 22.2. The molecule has 0 radical (unpaired) electrons. The molecule has 0 bridgehead atoms. The molecular formula is C26H32O5. The molecule has 0 N–H and O–H groups in total. The minimum absolute atomic E-state index is 0.316. The molecule has 2 aliphatic heterocycles. The van der Waals surface area contributed by atoms with E-state index in [0.717, 1.165) is 17.5 Å². The first-order valence-corrected chi connectivity index (χ1v) is 10.9. The number of rotatable bonds is 10. The summed E-state index contributed by atoms with van der Waals surface area (Å²) in [7, 11) is 0. The van der Waals surface area contributed by atoms with E-state index in [4.69, 9.17) is 23.7 Å². The van der Waals surface area contributed by atoms with E-state index < -0.39 is 17.7 Å². The second-order valence-electron chi connectivity index (χ2n) is 8.67. The Kier molecular flexibility index (Phi) is 6.89. The van der Waals surface area contributed by atoms with Crippen LogP contribution in [-0.4, -0.2) is 36.5 Å². The van der Waals surface area contributed by atoms with Gasteiger partial charge in [0, 0.05) is 0 Å². The molecular weight excluding hydrogens is 392 g/mol. The van der Waals surface area contributed by atoms with Crippen LogP contribution < -0.4 is 0 Å². The fraction of sp³-hybridized carbons (Fsp3) is 0.462. The van der Waals surface area contributed by atoms with E-state index in [1.165, 1.54) is 0 Å². The van der Waals surface area contributed by atoms with Gasteiger partial charge in [0.2, 0.25) is 0 Å². The van der Waals surface area contributed by atoms with Crippen molar-refractivity contribution in [2.24, 2.45) is 0 Å². The summed E-state index contributed by atoms with van der Waals surface area (Å²) in [5.41, 5.74) is 1.55. The third kappa shape index (κ3) is 5.25. The highest BCUT2D eigenvalue weighted by Crippen LogP contribution is 2.46. The lowest BCUT2D eigenvalue weighted by atomic mass is 9.90. The van der Waals surface area contributed by atoms with Crippen molar-refractivity contribution in [2.45, 2.75) is 69.8 Å². The molecule has 0 aromatic heterocycles. The highest BCUT2D eigenvalue weighted by atomic mass is 16.8. The molecule has 5 nitrogen and oxygen atoms in total. The van der Waals surface area contributed by atoms with Crippen LogP contribution in [-0.2, 0) is 36.9 Å². The molecule has 4 rings (SSSR count). The topological polar surface area (TPSA) is 46.2 Å². The molecule has 0 spiro atoms. The van der Waals surface area contributed by atoms with Gasteiger partial charge >= 0.3 is 0 Å². The van der Waals surface area contributed by atoms with Gasteiger partial charge in [0.05, 0.1) is 19.8 Å². The zero-order valence-corrected chi connectivity index (χ0v) is 18.4. The molecule has 4 atom stereocenters. The van der Waals surface area contributed by atoms with Gasteiger partial charge in [-0.3, -0.25) is 0 Å². The number of allylic oxidation sites excluding steroid dienone is 1. The summed E-state index contributed by atoms with van der Waals surface area (Å²) in [5.74, 6) is -0.709. The molecule has 2 heterocycles. The van der Waals surface area contributed by atoms with E-state index >= 15 is 0 Å². The van der Waals surface area contributed by atoms with Gasteiger partial charge in [0.15, 0.2) is 12.1 Å². The third-order valence-electron chi connectivity index (χ3n) is 5.76. The lowest BCUT2D eigenvalue weighted by molar-refractivity contribution is -0.256. The number of benzene rings is 2. The maximum absolute atomic E-state index is 6.50. The van der Waals surface area contributed by atoms with Crippen LogP contribution in [0.5, 0.6) is 0 Å². The van der Waals surface area contributed by atoms with Crippen molar-refractivity contribution < 1.29 is 23.7 Å². The summed E-state index contributed by atoms with van der Waals surface area (Å²) in [4.78, 5) is 0. The zero-order valence-electron chi connectivity index (χ0n) is 18.4. The van der Waals surface area contributed by atoms with Crippen LogP contribution in [0.3, 0.4) is 0 Å². The summed E-state index contributed by atoms with van der Waals surface area (Å²) in [6.45, 7) is 9.06. The standard InChI is InChI=1S/C26H32O5/c1-4-5-16-26(19-27-17-20-12-8-6-9-13-20)23(28-18-21-14-10-7-11-15-21)22-24(31-26)30-25(2,3)29-22/h4,6-15,22-24H,1,5,16-19H2,2-3H3/t22?,23-,24-,26-/m1/s1. The van der Waals surface area contributed by atoms with Crippen molar-refractivity contribution in [3.8, 4) is 0 Å². The van der Waals surface area contributed by atoms with Crippen molar-refractivity contribution in [3.05, 3.63) is 84.4 Å². The molecule has 1 unspecified atom stereocenters. The second-order valence-corrected chi connectivity index (χ2v) is 8.67. The lowest BCUT2D eigenvalue weighted by Gasteiger charge is -2.36. The largest absolute Gasteiger partial charge is 0.374 e. The third-order valence-corrected chi connectivity index (χ3v) is 5.76. The molecule has 0 aliphatic carbocycles. The highest BCUT2D eigenvalue weighted by molar-refractivity contribution is 5.15. The van der Waals surface area contributed by atoms with Gasteiger partial charge in [-0.2, -0.15) is 0 Å². The molecule has 0 saturated carbocycles. The Balaban J connectivity index is 1.53. The van der Waals surface area contributed by atoms with Crippen LogP contribution >= 0.6 is 0 Å². The predicted octanol–water partition coefficient (Wildman–Crippen LogP) is 5.00.